The summed E-state index contributed by atoms with van der Waals surface area (Å²) in [7, 11) is 0. The van der Waals surface area contributed by atoms with Crippen LogP contribution in [0.5, 0.6) is 5.75 Å². The van der Waals surface area contributed by atoms with Crippen LogP contribution in [-0.2, 0) is 4.79 Å². The molecule has 1 aromatic rings. The predicted molar refractivity (Wildman–Crippen MR) is 50.4 cm³/mol. The van der Waals surface area contributed by atoms with Gasteiger partial charge in [-0.15, -0.1) is 0 Å². The number of hydrogen-bond acceptors (Lipinski definition) is 2. The Morgan fingerprint density at radius 2 is 1.92 bits per heavy atom. The number of hydrogen-bond donors (Lipinski definition) is 0. The molecule has 58 valence electrons. The van der Waals surface area contributed by atoms with Crippen LogP contribution in [0.1, 0.15) is 0 Å². The van der Waals surface area contributed by atoms with Gasteiger partial charge in [-0.1, -0.05) is 18.2 Å². The predicted octanol–water partition coefficient (Wildman–Crippen LogP) is -0.807. The Kier molecular flexibility index (Phi) is 6.93. The molecule has 0 atom stereocenters. The Bertz CT molecular complexity index is 238. The van der Waals surface area contributed by atoms with Crippen molar-refractivity contribution in [1.29, 1.82) is 0 Å². The number of para-hydroxylation sites is 1. The number of ether oxygens (including phenoxy) is 1. The van der Waals surface area contributed by atoms with Crippen molar-refractivity contribution in [2.75, 3.05) is 0 Å². The molecule has 0 bridgehead atoms. The monoisotopic (exact) mass is 284 g/mol. The Hall–Kier alpha value is 0.290. The molecule has 0 spiro atoms. The van der Waals surface area contributed by atoms with E-state index in [1.165, 1.54) is 4.43 Å². The van der Waals surface area contributed by atoms with Crippen molar-refractivity contribution in [3.05, 3.63) is 34.8 Å². The average molecular weight is 284 g/mol. The summed E-state index contributed by atoms with van der Waals surface area (Å²) in [6.07, 6.45) is 0. The molecular formula is C8H6INaO2. The Morgan fingerprint density at radius 3 is 2.42 bits per heavy atom. The van der Waals surface area contributed by atoms with Crippen LogP contribution >= 0.6 is 22.6 Å². The molecule has 0 aromatic heterocycles. The fourth-order valence-electron chi connectivity index (χ4n) is 0.627. The van der Waals surface area contributed by atoms with E-state index in [1.54, 1.807) is 12.1 Å². The molecule has 0 amide bonds. The van der Waals surface area contributed by atoms with Gasteiger partial charge in [-0.2, -0.15) is 0 Å². The molecule has 0 aliphatic heterocycles. The first-order valence-electron chi connectivity index (χ1n) is 3.03. The molecule has 0 N–H and O–H groups in total. The number of carbonyl (C=O) groups excluding carboxylic acids is 1. The molecule has 0 fully saturated rings. The van der Waals surface area contributed by atoms with Gasteiger partial charge in [-0.05, 0) is 12.1 Å². The molecular weight excluding hydrogens is 278 g/mol. The van der Waals surface area contributed by atoms with Crippen LogP contribution < -0.4 is 34.3 Å². The Labute approximate surface area is 107 Å². The van der Waals surface area contributed by atoms with Crippen LogP contribution in [0.4, 0.5) is 0 Å². The average Bonchev–Trinajstić information content (AvgIpc) is 2.06. The van der Waals surface area contributed by atoms with Gasteiger partial charge in [0.2, 0.25) is 0 Å². The molecule has 0 aliphatic carbocycles. The van der Waals surface area contributed by atoms with Crippen molar-refractivity contribution < 1.29 is 39.1 Å². The maximum absolute atomic E-state index is 10.7. The van der Waals surface area contributed by atoms with Crippen molar-refractivity contribution in [3.8, 4) is 5.75 Å². The third-order valence-corrected chi connectivity index (χ3v) is 1.56. The Morgan fingerprint density at radius 1 is 1.33 bits per heavy atom. The number of benzene rings is 1. The zero-order chi connectivity index (χ0) is 8.10. The second kappa shape index (κ2) is 6.77. The molecule has 0 aliphatic rings. The summed E-state index contributed by atoms with van der Waals surface area (Å²) in [5, 5.41) is 0. The summed E-state index contributed by atoms with van der Waals surface area (Å²) in [5.41, 5.74) is 0. The molecule has 4 heteroatoms. The quantitative estimate of drug-likeness (QED) is 0.233. The minimum absolute atomic E-state index is 0. The van der Waals surface area contributed by atoms with Gasteiger partial charge in [-0.25, -0.2) is 4.43 Å². The zero-order valence-corrected chi connectivity index (χ0v) is 10.8. The van der Waals surface area contributed by atoms with E-state index in [9.17, 15) is 4.79 Å². The van der Waals surface area contributed by atoms with Gasteiger partial charge in [0.05, 0.1) is 0 Å². The van der Waals surface area contributed by atoms with Gasteiger partial charge in [0.15, 0.2) is 5.97 Å². The smallest absolute Gasteiger partial charge is 0.451 e. The standard InChI is InChI=1S/C8H6IO2.Na/c9-6-8(10)11-7-4-2-1-3-5-7;/h1-6H;/q-1;+1. The number of halogens is 1. The molecule has 0 radical (unpaired) electrons. The van der Waals surface area contributed by atoms with Gasteiger partial charge in [-0.3, -0.25) is 27.4 Å². The van der Waals surface area contributed by atoms with Crippen molar-refractivity contribution in [2.45, 2.75) is 0 Å². The van der Waals surface area contributed by atoms with Crippen LogP contribution in [0.3, 0.4) is 0 Å². The van der Waals surface area contributed by atoms with Crippen LogP contribution in [0, 0.1) is 4.43 Å². The summed E-state index contributed by atoms with van der Waals surface area (Å²) >= 11 is 1.84. The first kappa shape index (κ1) is 12.3. The largest absolute Gasteiger partial charge is 1.00 e. The fourth-order valence-corrected chi connectivity index (χ4v) is 0.754. The van der Waals surface area contributed by atoms with E-state index in [4.69, 9.17) is 4.74 Å². The van der Waals surface area contributed by atoms with Crippen LogP contribution in [0.25, 0.3) is 0 Å². The van der Waals surface area contributed by atoms with E-state index >= 15 is 0 Å². The van der Waals surface area contributed by atoms with Gasteiger partial charge < -0.3 is 4.74 Å². The normalized spacial score (nSPS) is 8.08. The van der Waals surface area contributed by atoms with E-state index < -0.39 is 0 Å². The van der Waals surface area contributed by atoms with Crippen molar-refractivity contribution in [2.24, 2.45) is 0 Å². The second-order valence-corrected chi connectivity index (χ2v) is 2.47. The van der Waals surface area contributed by atoms with Crippen LogP contribution in [-0.4, -0.2) is 5.97 Å². The zero-order valence-electron chi connectivity index (χ0n) is 6.66. The van der Waals surface area contributed by atoms with E-state index in [0.29, 0.717) is 5.75 Å². The van der Waals surface area contributed by atoms with Gasteiger partial charge in [0, 0.05) is 0 Å². The van der Waals surface area contributed by atoms with Gasteiger partial charge in [0.1, 0.15) is 5.75 Å². The summed E-state index contributed by atoms with van der Waals surface area (Å²) in [6, 6.07) is 8.97. The SMILES string of the molecule is O=C([CH-]I)Oc1ccccc1.[Na+]. The number of rotatable bonds is 2. The summed E-state index contributed by atoms with van der Waals surface area (Å²) in [4.78, 5) is 10.7. The minimum atomic E-state index is -0.336. The molecule has 0 unspecified atom stereocenters. The first-order chi connectivity index (χ1) is 5.33. The minimum Gasteiger partial charge on any atom is -0.451 e. The summed E-state index contributed by atoms with van der Waals surface area (Å²) in [5.74, 6) is 0.238. The third-order valence-electron chi connectivity index (χ3n) is 1.05. The number of esters is 1. The van der Waals surface area contributed by atoms with E-state index in [1.807, 2.05) is 40.8 Å². The molecule has 0 saturated heterocycles. The van der Waals surface area contributed by atoms with Gasteiger partial charge >= 0.3 is 29.6 Å². The maximum atomic E-state index is 10.7. The topological polar surface area (TPSA) is 26.3 Å². The van der Waals surface area contributed by atoms with Crippen LogP contribution in [0.15, 0.2) is 30.3 Å². The third kappa shape index (κ3) is 4.35. The summed E-state index contributed by atoms with van der Waals surface area (Å²) < 4.78 is 6.21. The number of carbonyl (C=O) groups is 1. The molecule has 2 nitrogen and oxygen atoms in total. The van der Waals surface area contributed by atoms with Gasteiger partial charge in [0.25, 0.3) is 0 Å². The fraction of sp³-hybridized carbons (Fsp3) is 0. The first-order valence-corrected chi connectivity index (χ1v) is 4.28. The molecule has 0 saturated carbocycles. The van der Waals surface area contributed by atoms with E-state index in [0.717, 1.165) is 0 Å². The molecule has 12 heavy (non-hydrogen) atoms. The molecule has 1 rings (SSSR count). The summed E-state index contributed by atoms with van der Waals surface area (Å²) in [6.45, 7) is 0. The van der Waals surface area contributed by atoms with Crippen molar-refractivity contribution in [3.63, 3.8) is 0 Å². The maximum Gasteiger partial charge on any atom is 1.00 e. The molecule has 1 aromatic carbocycles. The van der Waals surface area contributed by atoms with E-state index in [-0.39, 0.29) is 35.5 Å². The Balaban J connectivity index is 0.00000121. The molecule has 0 heterocycles. The van der Waals surface area contributed by atoms with Crippen molar-refractivity contribution in [1.82, 2.24) is 0 Å². The van der Waals surface area contributed by atoms with Crippen LogP contribution in [0.2, 0.25) is 0 Å². The van der Waals surface area contributed by atoms with E-state index in [2.05, 4.69) is 0 Å². The second-order valence-electron chi connectivity index (χ2n) is 1.84. The van der Waals surface area contributed by atoms with Crippen molar-refractivity contribution >= 4 is 28.6 Å².